The van der Waals surface area contributed by atoms with Gasteiger partial charge in [-0.15, -0.1) is 11.6 Å². The highest BCUT2D eigenvalue weighted by Gasteiger charge is 2.47. The molecule has 2 saturated carbocycles. The summed E-state index contributed by atoms with van der Waals surface area (Å²) in [5.74, 6) is 3.10. The van der Waals surface area contributed by atoms with Crippen molar-refractivity contribution in [1.82, 2.24) is 0 Å². The number of alkyl halides is 1. The molecule has 1 amide bonds. The fourth-order valence-corrected chi connectivity index (χ4v) is 3.89. The molecule has 3 aliphatic rings. The van der Waals surface area contributed by atoms with E-state index in [2.05, 4.69) is 5.32 Å². The minimum atomic E-state index is -0.0992. The van der Waals surface area contributed by atoms with Crippen LogP contribution in [0.25, 0.3) is 0 Å². The van der Waals surface area contributed by atoms with Crippen LogP contribution in [-0.4, -0.2) is 12.5 Å². The van der Waals surface area contributed by atoms with E-state index < -0.39 is 0 Å². The van der Waals surface area contributed by atoms with Gasteiger partial charge in [0, 0.05) is 0 Å². The van der Waals surface area contributed by atoms with Crippen LogP contribution in [0.4, 0.5) is 5.69 Å². The van der Waals surface area contributed by atoms with Crippen LogP contribution in [0.2, 0.25) is 0 Å². The van der Waals surface area contributed by atoms with E-state index in [1.165, 1.54) is 19.3 Å². The van der Waals surface area contributed by atoms with E-state index in [-0.39, 0.29) is 17.9 Å². The maximum atomic E-state index is 11.3. The van der Waals surface area contributed by atoms with Crippen LogP contribution in [-0.2, 0) is 4.79 Å². The van der Waals surface area contributed by atoms with Crippen LogP contribution in [0.3, 0.4) is 0 Å². The van der Waals surface area contributed by atoms with E-state index in [9.17, 15) is 4.79 Å². The number of carbonyl (C=O) groups excluding carboxylic acids is 1. The first-order chi connectivity index (χ1) is 9.20. The van der Waals surface area contributed by atoms with Crippen molar-refractivity contribution in [1.29, 1.82) is 0 Å². The molecule has 100 valence electrons. The molecule has 0 radical (unpaired) electrons. The van der Waals surface area contributed by atoms with E-state index in [1.807, 2.05) is 18.2 Å². The summed E-state index contributed by atoms with van der Waals surface area (Å²) in [5, 5.41) is 2.89. The Morgan fingerprint density at radius 2 is 2.05 bits per heavy atom. The molecule has 0 spiro atoms. The molecule has 1 aliphatic heterocycles. The van der Waals surface area contributed by atoms with E-state index in [4.69, 9.17) is 16.3 Å². The van der Waals surface area contributed by atoms with E-state index in [0.29, 0.717) is 5.92 Å². The van der Waals surface area contributed by atoms with Gasteiger partial charge in [-0.1, -0.05) is 6.07 Å². The Morgan fingerprint density at radius 1 is 1.26 bits per heavy atom. The molecule has 3 unspecified atom stereocenters. The van der Waals surface area contributed by atoms with Gasteiger partial charge >= 0.3 is 0 Å². The van der Waals surface area contributed by atoms with Crippen molar-refractivity contribution >= 4 is 23.2 Å². The van der Waals surface area contributed by atoms with Crippen LogP contribution in [0.15, 0.2) is 18.2 Å². The van der Waals surface area contributed by atoms with Crippen molar-refractivity contribution in [3.05, 3.63) is 23.8 Å². The van der Waals surface area contributed by atoms with Crippen molar-refractivity contribution < 1.29 is 9.53 Å². The first-order valence-electron chi connectivity index (χ1n) is 6.91. The Balaban J connectivity index is 1.57. The van der Waals surface area contributed by atoms with Crippen LogP contribution < -0.4 is 10.1 Å². The maximum absolute atomic E-state index is 11.3. The van der Waals surface area contributed by atoms with Crippen LogP contribution in [0.5, 0.6) is 5.75 Å². The number of anilines is 1. The molecule has 4 heteroatoms. The quantitative estimate of drug-likeness (QED) is 0.842. The summed E-state index contributed by atoms with van der Waals surface area (Å²) in [7, 11) is 0. The number of benzene rings is 1. The Morgan fingerprint density at radius 3 is 2.84 bits per heavy atom. The minimum absolute atomic E-state index is 0.0527. The van der Waals surface area contributed by atoms with Gasteiger partial charge in [0.1, 0.15) is 5.75 Å². The summed E-state index contributed by atoms with van der Waals surface area (Å²) in [6, 6.07) is 5.90. The highest BCUT2D eigenvalue weighted by atomic mass is 35.5. The fourth-order valence-electron chi connectivity index (χ4n) is 3.55. The molecule has 0 bridgehead atoms. The molecule has 3 atom stereocenters. The van der Waals surface area contributed by atoms with Gasteiger partial charge in [-0.05, 0) is 54.7 Å². The Bertz CT molecular complexity index is 535. The number of carbonyl (C=O) groups is 1. The third kappa shape index (κ3) is 2.00. The molecule has 1 N–H and O–H groups in total. The number of fused-ring (bicyclic) bond motifs is 2. The number of rotatable bonds is 2. The smallest absolute Gasteiger partial charge is 0.262 e. The summed E-state index contributed by atoms with van der Waals surface area (Å²) < 4.78 is 5.36. The standard InChI is InChI=1S/C15H16ClNO2/c16-15(11-4-9-3-10(9)5-11)8-1-2-13-12(6-8)17-14(18)7-19-13/h1-2,6,9-11,15H,3-5,7H2,(H,17,18). The van der Waals surface area contributed by atoms with Gasteiger partial charge in [0.25, 0.3) is 5.91 Å². The van der Waals surface area contributed by atoms with Gasteiger partial charge in [-0.2, -0.15) is 0 Å². The second kappa shape index (κ2) is 4.14. The number of amides is 1. The lowest BCUT2D eigenvalue weighted by atomic mass is 9.94. The summed E-state index contributed by atoms with van der Waals surface area (Å²) in [5.41, 5.74) is 1.85. The molecule has 2 aliphatic carbocycles. The van der Waals surface area contributed by atoms with E-state index in [1.54, 1.807) is 0 Å². The predicted molar refractivity (Wildman–Crippen MR) is 73.5 cm³/mol. The molecule has 4 rings (SSSR count). The number of halogens is 1. The van der Waals surface area contributed by atoms with Gasteiger partial charge in [0.15, 0.2) is 6.61 Å². The first kappa shape index (κ1) is 11.6. The molecule has 1 aromatic carbocycles. The topological polar surface area (TPSA) is 38.3 Å². The minimum Gasteiger partial charge on any atom is -0.482 e. The monoisotopic (exact) mass is 277 g/mol. The lowest BCUT2D eigenvalue weighted by Crippen LogP contribution is -2.25. The van der Waals surface area contributed by atoms with Crippen molar-refractivity contribution in [2.45, 2.75) is 24.6 Å². The normalized spacial score (nSPS) is 32.9. The van der Waals surface area contributed by atoms with Gasteiger partial charge < -0.3 is 10.1 Å². The zero-order valence-corrected chi connectivity index (χ0v) is 11.3. The summed E-state index contributed by atoms with van der Waals surface area (Å²) in [6.07, 6.45) is 3.94. The highest BCUT2D eigenvalue weighted by molar-refractivity contribution is 6.21. The average Bonchev–Trinajstić information content (AvgIpc) is 3.03. The number of hydrogen-bond acceptors (Lipinski definition) is 2. The van der Waals surface area contributed by atoms with Crippen molar-refractivity contribution in [2.24, 2.45) is 17.8 Å². The third-order valence-electron chi connectivity index (χ3n) is 4.65. The Hall–Kier alpha value is -1.22. The maximum Gasteiger partial charge on any atom is 0.262 e. The van der Waals surface area contributed by atoms with E-state index in [0.717, 1.165) is 28.8 Å². The summed E-state index contributed by atoms with van der Waals surface area (Å²) in [4.78, 5) is 11.3. The zero-order valence-electron chi connectivity index (χ0n) is 10.6. The lowest BCUT2D eigenvalue weighted by molar-refractivity contribution is -0.118. The fraction of sp³-hybridized carbons (Fsp3) is 0.533. The molecular formula is C15H16ClNO2. The average molecular weight is 278 g/mol. The second-order valence-corrected chi connectivity index (χ2v) is 6.45. The first-order valence-corrected chi connectivity index (χ1v) is 7.35. The highest BCUT2D eigenvalue weighted by Crippen LogP contribution is 2.58. The molecule has 1 heterocycles. The van der Waals surface area contributed by atoms with Crippen LogP contribution in [0.1, 0.15) is 30.2 Å². The Labute approximate surface area is 117 Å². The third-order valence-corrected chi connectivity index (χ3v) is 5.26. The predicted octanol–water partition coefficient (Wildman–Crippen LogP) is 3.34. The molecule has 0 saturated heterocycles. The number of hydrogen-bond donors (Lipinski definition) is 1. The molecule has 3 nitrogen and oxygen atoms in total. The lowest BCUT2D eigenvalue weighted by Gasteiger charge is -2.22. The van der Waals surface area contributed by atoms with Gasteiger partial charge in [0.2, 0.25) is 0 Å². The van der Waals surface area contributed by atoms with Crippen molar-refractivity contribution in [3.8, 4) is 5.75 Å². The van der Waals surface area contributed by atoms with Crippen LogP contribution in [0, 0.1) is 17.8 Å². The number of ether oxygens (including phenoxy) is 1. The van der Waals surface area contributed by atoms with Crippen molar-refractivity contribution in [3.63, 3.8) is 0 Å². The Kier molecular flexibility index (Phi) is 2.52. The summed E-state index contributed by atoms with van der Waals surface area (Å²) in [6.45, 7) is 0.0998. The number of nitrogens with one attached hydrogen (secondary N) is 1. The molecule has 2 fully saturated rings. The molecular weight excluding hydrogens is 262 g/mol. The van der Waals surface area contributed by atoms with Gasteiger partial charge in [0.05, 0.1) is 11.1 Å². The molecule has 1 aromatic rings. The molecule has 19 heavy (non-hydrogen) atoms. The zero-order chi connectivity index (χ0) is 13.0. The summed E-state index contributed by atoms with van der Waals surface area (Å²) >= 11 is 6.62. The SMILES string of the molecule is O=C1COc2ccc(C(Cl)C3CC4CC4C3)cc2N1. The largest absolute Gasteiger partial charge is 0.482 e. The van der Waals surface area contributed by atoms with Crippen LogP contribution >= 0.6 is 11.6 Å². The van der Waals surface area contributed by atoms with Crippen molar-refractivity contribution in [2.75, 3.05) is 11.9 Å². The second-order valence-electron chi connectivity index (χ2n) is 5.98. The van der Waals surface area contributed by atoms with Gasteiger partial charge in [-0.3, -0.25) is 4.79 Å². The van der Waals surface area contributed by atoms with E-state index >= 15 is 0 Å². The van der Waals surface area contributed by atoms with Gasteiger partial charge in [-0.25, -0.2) is 0 Å². The molecule has 0 aromatic heterocycles.